The number of aliphatic hydroxyl groups excluding tert-OH is 1. The second-order valence-electron chi connectivity index (χ2n) is 10.6. The van der Waals surface area contributed by atoms with Gasteiger partial charge < -0.3 is 29.9 Å². The second-order valence-corrected chi connectivity index (χ2v) is 11.0. The maximum atomic E-state index is 12.0. The Morgan fingerprint density at radius 2 is 2.05 bits per heavy atom. The molecule has 4 rings (SSSR count). The number of rotatable bonds is 11. The molecule has 3 heterocycles. The van der Waals surface area contributed by atoms with E-state index in [2.05, 4.69) is 10.1 Å². The summed E-state index contributed by atoms with van der Waals surface area (Å²) < 4.78 is 11.3. The van der Waals surface area contributed by atoms with Crippen LogP contribution in [-0.2, 0) is 4.79 Å². The molecule has 0 radical (unpaired) electrons. The lowest BCUT2D eigenvalue weighted by atomic mass is 10.0. The third-order valence-corrected chi connectivity index (χ3v) is 7.37. The number of amides is 1. The number of carbonyl (C=O) groups is 1. The van der Waals surface area contributed by atoms with Gasteiger partial charge in [0, 0.05) is 49.3 Å². The zero-order valence-corrected chi connectivity index (χ0v) is 25.7. The van der Waals surface area contributed by atoms with E-state index in [1.807, 2.05) is 32.6 Å². The fraction of sp³-hybridized carbons (Fsp3) is 0.433. The van der Waals surface area contributed by atoms with Gasteiger partial charge in [0.05, 0.1) is 34.6 Å². The van der Waals surface area contributed by atoms with Crippen LogP contribution >= 0.6 is 11.6 Å². The first-order valence-corrected chi connectivity index (χ1v) is 14.2. The maximum absolute atomic E-state index is 12.0. The van der Waals surface area contributed by atoms with Gasteiger partial charge >= 0.3 is 0 Å². The molecule has 1 amide bonds. The number of aromatic nitrogens is 3. The third kappa shape index (κ3) is 6.91. The number of benzene rings is 1. The lowest BCUT2D eigenvalue weighted by Crippen LogP contribution is -2.25. The molecule has 3 aromatic rings. The van der Waals surface area contributed by atoms with Gasteiger partial charge in [-0.1, -0.05) is 30.1 Å². The summed E-state index contributed by atoms with van der Waals surface area (Å²) in [6, 6.07) is 5.27. The molecule has 0 bridgehead atoms. The van der Waals surface area contributed by atoms with Crippen molar-refractivity contribution in [3.05, 3.63) is 51.5 Å². The molecule has 1 aromatic carbocycles. The van der Waals surface area contributed by atoms with Gasteiger partial charge in [-0.15, -0.1) is 0 Å². The minimum atomic E-state index is -0.561. The Bertz CT molecular complexity index is 1500. The zero-order valence-electron chi connectivity index (χ0n) is 24.9. The Hall–Kier alpha value is -3.96. The van der Waals surface area contributed by atoms with Gasteiger partial charge in [-0.2, -0.15) is 0 Å². The molecule has 1 atom stereocenters. The minimum absolute atomic E-state index is 0.0447. The molecule has 0 fully saturated rings. The number of aliphatic hydroxyl groups is 1. The van der Waals surface area contributed by atoms with Crippen LogP contribution in [0.5, 0.6) is 5.75 Å². The van der Waals surface area contributed by atoms with E-state index in [0.29, 0.717) is 70.3 Å². The Labute approximate surface area is 251 Å². The van der Waals surface area contributed by atoms with Gasteiger partial charge in [0.1, 0.15) is 30.5 Å². The topological polar surface area (TPSA) is 143 Å². The number of ether oxygens (including phenoxy) is 1. The summed E-state index contributed by atoms with van der Waals surface area (Å²) in [4.78, 5) is 29.7. The number of aliphatic imine (C=N–C) groups is 1. The summed E-state index contributed by atoms with van der Waals surface area (Å²) in [6.07, 6.45) is 2.61. The van der Waals surface area contributed by atoms with Crippen molar-refractivity contribution >= 4 is 29.5 Å². The Balaban J connectivity index is 1.73. The highest BCUT2D eigenvalue weighted by atomic mass is 35.5. The van der Waals surface area contributed by atoms with Crippen molar-refractivity contribution in [3.8, 4) is 28.4 Å². The molecule has 12 heteroatoms. The fourth-order valence-electron chi connectivity index (χ4n) is 4.69. The first-order chi connectivity index (χ1) is 20.0. The molecule has 3 N–H and O–H groups in total. The van der Waals surface area contributed by atoms with Crippen molar-refractivity contribution in [3.63, 3.8) is 0 Å². The fourth-order valence-corrected chi connectivity index (χ4v) is 4.89. The highest BCUT2D eigenvalue weighted by Crippen LogP contribution is 2.38. The van der Waals surface area contributed by atoms with Crippen LogP contribution < -0.4 is 15.4 Å². The van der Waals surface area contributed by atoms with Gasteiger partial charge in [-0.3, -0.25) is 9.79 Å². The van der Waals surface area contributed by atoms with E-state index >= 15 is 0 Å². The zero-order chi connectivity index (χ0) is 30.6. The highest BCUT2D eigenvalue weighted by molar-refractivity contribution is 6.33. The molecule has 224 valence electrons. The number of nitrogens with zero attached hydrogens (tertiary/aromatic N) is 6. The van der Waals surface area contributed by atoms with Gasteiger partial charge in [-0.25, -0.2) is 9.97 Å². The molecule has 42 heavy (non-hydrogen) atoms. The molecule has 1 aliphatic rings. The van der Waals surface area contributed by atoms with E-state index in [0.717, 1.165) is 23.1 Å². The third-order valence-electron chi connectivity index (χ3n) is 7.04. The van der Waals surface area contributed by atoms with Crippen molar-refractivity contribution in [2.75, 3.05) is 45.2 Å². The quantitative estimate of drug-likeness (QED) is 0.313. The molecule has 0 saturated heterocycles. The number of halogens is 1. The van der Waals surface area contributed by atoms with E-state index in [1.165, 1.54) is 4.90 Å². The van der Waals surface area contributed by atoms with Crippen LogP contribution in [0, 0.1) is 20.8 Å². The average Bonchev–Trinajstić information content (AvgIpc) is 3.48. The maximum Gasteiger partial charge on any atom is 0.243 e. The van der Waals surface area contributed by atoms with Crippen molar-refractivity contribution in [2.24, 2.45) is 10.7 Å². The number of anilines is 1. The number of likely N-dealkylation sites (N-methyl/N-ethyl adjacent to an activating group) is 1. The number of nitrogens with two attached hydrogens (primary N) is 1. The number of carbonyl (C=O) groups excluding carboxylic acids is 1. The van der Waals surface area contributed by atoms with Crippen LogP contribution in [0.15, 0.2) is 39.0 Å². The molecular weight excluding hydrogens is 558 g/mol. The second kappa shape index (κ2) is 13.3. The summed E-state index contributed by atoms with van der Waals surface area (Å²) >= 11 is 6.68. The Kier molecular flexibility index (Phi) is 9.85. The summed E-state index contributed by atoms with van der Waals surface area (Å²) in [6.45, 7) is 8.77. The lowest BCUT2D eigenvalue weighted by molar-refractivity contribution is -0.127. The van der Waals surface area contributed by atoms with Crippen LogP contribution in [0.1, 0.15) is 36.8 Å². The lowest BCUT2D eigenvalue weighted by Gasteiger charge is -2.22. The molecule has 0 unspecified atom stereocenters. The Morgan fingerprint density at radius 3 is 2.71 bits per heavy atom. The monoisotopic (exact) mass is 595 g/mol. The molecular formula is C30H38ClN7O4. The van der Waals surface area contributed by atoms with E-state index in [9.17, 15) is 9.90 Å². The normalized spacial score (nSPS) is 14.2. The Morgan fingerprint density at radius 1 is 1.29 bits per heavy atom. The van der Waals surface area contributed by atoms with Gasteiger partial charge in [0.15, 0.2) is 5.82 Å². The molecule has 11 nitrogen and oxygen atoms in total. The minimum Gasteiger partial charge on any atom is -0.491 e. The standard InChI is InChI=1S/C30H38ClN7O4/c1-7-8-21(39)16-41-22-9-10-24(31)23(11-22)29-34-28(27-18(3)36-42-19(27)4)17(2)30(35-29)38-14-20(25(32)15-38)12-33-13-26(40)37(5)6/h9-12,21,39H,7-8,13-16,32H2,1-6H3/t21-/m1/s1. The molecule has 0 saturated carbocycles. The summed E-state index contributed by atoms with van der Waals surface area (Å²) in [5, 5.41) is 14.7. The van der Waals surface area contributed by atoms with Crippen LogP contribution in [0.2, 0.25) is 5.02 Å². The molecule has 0 aliphatic carbocycles. The van der Waals surface area contributed by atoms with Crippen LogP contribution in [0.4, 0.5) is 5.82 Å². The van der Waals surface area contributed by atoms with Crippen LogP contribution in [0.3, 0.4) is 0 Å². The molecule has 1 aliphatic heterocycles. The van der Waals surface area contributed by atoms with Crippen LogP contribution in [0.25, 0.3) is 22.6 Å². The number of hydrogen-bond donors (Lipinski definition) is 2. The van der Waals surface area contributed by atoms with Crippen molar-refractivity contribution < 1.29 is 19.2 Å². The van der Waals surface area contributed by atoms with Gasteiger partial charge in [-0.05, 0) is 45.4 Å². The molecule has 2 aromatic heterocycles. The van der Waals surface area contributed by atoms with E-state index in [-0.39, 0.29) is 19.1 Å². The van der Waals surface area contributed by atoms with Crippen LogP contribution in [-0.4, -0.2) is 83.7 Å². The van der Waals surface area contributed by atoms with Crippen molar-refractivity contribution in [1.29, 1.82) is 0 Å². The molecule has 0 spiro atoms. The predicted octanol–water partition coefficient (Wildman–Crippen LogP) is 4.11. The van der Waals surface area contributed by atoms with E-state index < -0.39 is 6.10 Å². The van der Waals surface area contributed by atoms with E-state index in [1.54, 1.807) is 38.5 Å². The largest absolute Gasteiger partial charge is 0.491 e. The first-order valence-electron chi connectivity index (χ1n) is 13.8. The first kappa shape index (κ1) is 31.0. The predicted molar refractivity (Wildman–Crippen MR) is 164 cm³/mol. The van der Waals surface area contributed by atoms with Gasteiger partial charge in [0.25, 0.3) is 0 Å². The smallest absolute Gasteiger partial charge is 0.243 e. The highest BCUT2D eigenvalue weighted by Gasteiger charge is 2.27. The van der Waals surface area contributed by atoms with Crippen molar-refractivity contribution in [1.82, 2.24) is 20.0 Å². The van der Waals surface area contributed by atoms with E-state index in [4.69, 9.17) is 36.6 Å². The number of hydrogen-bond acceptors (Lipinski definition) is 10. The number of aryl methyl sites for hydroxylation is 2. The summed E-state index contributed by atoms with van der Waals surface area (Å²) in [5.74, 6) is 2.16. The SMILES string of the molecule is CCC[C@@H](O)COc1ccc(Cl)c(-c2nc(-c3c(C)noc3C)c(C)c(N3CC(N)=C(C=NCC(=O)N(C)C)C3)n2)c1. The summed E-state index contributed by atoms with van der Waals surface area (Å²) in [5.41, 5.74) is 11.4. The van der Waals surface area contributed by atoms with Gasteiger partial charge in [0.2, 0.25) is 5.91 Å². The van der Waals surface area contributed by atoms with Crippen molar-refractivity contribution in [2.45, 2.75) is 46.6 Å². The summed E-state index contributed by atoms with van der Waals surface area (Å²) in [7, 11) is 3.39. The average molecular weight is 596 g/mol.